The Bertz CT molecular complexity index is 152. The van der Waals surface area contributed by atoms with Crippen molar-refractivity contribution in [3.05, 3.63) is 0 Å². The van der Waals surface area contributed by atoms with Gasteiger partial charge in [0.2, 0.25) is 0 Å². The molecule has 0 saturated heterocycles. The minimum atomic E-state index is -1.83. The molecule has 0 aromatic heterocycles. The second-order valence-corrected chi connectivity index (χ2v) is 2.06. The third kappa shape index (κ3) is 39.4. The van der Waals surface area contributed by atoms with Crippen LogP contribution in [0.3, 0.4) is 0 Å². The summed E-state index contributed by atoms with van der Waals surface area (Å²) in [4.78, 5) is 17.1. The molecule has 0 aliphatic carbocycles. The van der Waals surface area contributed by atoms with Crippen LogP contribution in [0.4, 0.5) is 9.59 Å². The lowest BCUT2D eigenvalue weighted by Crippen LogP contribution is -2.31. The van der Waals surface area contributed by atoms with Gasteiger partial charge in [-0.3, -0.25) is 0 Å². The number of carbonyl (C=O) groups is 2. The molecule has 0 bridgehead atoms. The summed E-state index contributed by atoms with van der Waals surface area (Å²) in [5, 5.41) is 61.1. The van der Waals surface area contributed by atoms with Crippen molar-refractivity contribution in [2.45, 2.75) is 12.2 Å². The van der Waals surface area contributed by atoms with Gasteiger partial charge in [-0.25, -0.2) is 9.59 Å². The Morgan fingerprint density at radius 2 is 0.875 bits per heavy atom. The molecule has 10 nitrogen and oxygen atoms in total. The number of rotatable bonds is 3. The van der Waals surface area contributed by atoms with Crippen LogP contribution >= 0.6 is 0 Å². The number of aliphatic hydroxyl groups excluding tert-OH is 4. The third-order valence-electron chi connectivity index (χ3n) is 0.818. The van der Waals surface area contributed by atoms with E-state index in [1.54, 1.807) is 0 Å². The summed E-state index contributed by atoms with van der Waals surface area (Å²) in [5.41, 5.74) is 0. The molecule has 0 rings (SSSR count). The molecular formula is C6H14O10. The Hall–Kier alpha value is -1.62. The summed E-state index contributed by atoms with van der Waals surface area (Å²) in [5.74, 6) is 0. The predicted octanol–water partition coefficient (Wildman–Crippen LogP) is -1.86. The first kappa shape index (κ1) is 19.9. The van der Waals surface area contributed by atoms with Gasteiger partial charge < -0.3 is 40.9 Å². The van der Waals surface area contributed by atoms with Crippen molar-refractivity contribution >= 4 is 12.3 Å². The quantitative estimate of drug-likeness (QED) is 0.279. The zero-order valence-electron chi connectivity index (χ0n) is 7.96. The second kappa shape index (κ2) is 13.4. The van der Waals surface area contributed by atoms with Gasteiger partial charge in [0.15, 0.2) is 0 Å². The Kier molecular flexibility index (Phi) is 16.6. The van der Waals surface area contributed by atoms with Crippen LogP contribution in [-0.2, 0) is 0 Å². The lowest BCUT2D eigenvalue weighted by molar-refractivity contribution is -0.0388. The maximum Gasteiger partial charge on any atom is 0.503 e. The van der Waals surface area contributed by atoms with Gasteiger partial charge in [-0.05, 0) is 0 Å². The van der Waals surface area contributed by atoms with Gasteiger partial charge in [0.05, 0.1) is 13.2 Å². The molecule has 0 radical (unpaired) electrons. The Morgan fingerprint density at radius 1 is 0.750 bits per heavy atom. The largest absolute Gasteiger partial charge is 0.503 e. The summed E-state index contributed by atoms with van der Waals surface area (Å²) in [6.07, 6.45) is -6.11. The first-order valence-corrected chi connectivity index (χ1v) is 3.60. The van der Waals surface area contributed by atoms with E-state index in [4.69, 9.17) is 50.4 Å². The molecule has 0 unspecified atom stereocenters. The average molecular weight is 246 g/mol. The molecular weight excluding hydrogens is 232 g/mol. The van der Waals surface area contributed by atoms with Crippen LogP contribution in [0.5, 0.6) is 0 Å². The summed E-state index contributed by atoms with van der Waals surface area (Å²) in [6, 6.07) is 0. The first-order valence-electron chi connectivity index (χ1n) is 3.60. The molecule has 0 fully saturated rings. The highest BCUT2D eigenvalue weighted by Gasteiger charge is 2.12. The standard InChI is InChI=1S/C4H10O4.2CH2O3/c5-1-3(7)4(8)2-6;2*2-1(3)4/h3-8H,1-2H2;2*(H2,2,3,4)/t3-,4+;;. The van der Waals surface area contributed by atoms with Crippen molar-refractivity contribution in [3.63, 3.8) is 0 Å². The minimum absolute atomic E-state index is 0.526. The van der Waals surface area contributed by atoms with Crippen LogP contribution in [0.1, 0.15) is 0 Å². The Labute approximate surface area is 89.3 Å². The smallest absolute Gasteiger partial charge is 0.450 e. The van der Waals surface area contributed by atoms with Crippen molar-refractivity contribution in [2.24, 2.45) is 0 Å². The highest BCUT2D eigenvalue weighted by atomic mass is 16.6. The average Bonchev–Trinajstić information content (AvgIpc) is 2.13. The van der Waals surface area contributed by atoms with E-state index in [0.717, 1.165) is 0 Å². The molecule has 8 N–H and O–H groups in total. The topological polar surface area (TPSA) is 196 Å². The van der Waals surface area contributed by atoms with Gasteiger partial charge in [-0.1, -0.05) is 0 Å². The van der Waals surface area contributed by atoms with Gasteiger partial charge in [0, 0.05) is 0 Å². The first-order chi connectivity index (χ1) is 7.18. The van der Waals surface area contributed by atoms with Gasteiger partial charge in [-0.15, -0.1) is 0 Å². The molecule has 0 aliphatic heterocycles. The summed E-state index contributed by atoms with van der Waals surface area (Å²) in [6.45, 7) is -1.05. The maximum atomic E-state index is 8.56. The number of hydrogen-bond donors (Lipinski definition) is 8. The van der Waals surface area contributed by atoms with Crippen molar-refractivity contribution in [1.82, 2.24) is 0 Å². The van der Waals surface area contributed by atoms with Crippen LogP contribution < -0.4 is 0 Å². The van der Waals surface area contributed by atoms with Crippen LogP contribution in [0.15, 0.2) is 0 Å². The van der Waals surface area contributed by atoms with E-state index in [1.165, 1.54) is 0 Å². The van der Waals surface area contributed by atoms with E-state index in [0.29, 0.717) is 0 Å². The van der Waals surface area contributed by atoms with Crippen LogP contribution in [0.2, 0.25) is 0 Å². The highest BCUT2D eigenvalue weighted by Crippen LogP contribution is 1.88. The minimum Gasteiger partial charge on any atom is -0.450 e. The Balaban J connectivity index is -0.000000179. The van der Waals surface area contributed by atoms with E-state index < -0.39 is 37.7 Å². The van der Waals surface area contributed by atoms with Gasteiger partial charge in [0.1, 0.15) is 12.2 Å². The SMILES string of the molecule is O=C(O)O.O=C(O)O.OC[C@@H](O)[C@@H](O)CO. The van der Waals surface area contributed by atoms with E-state index >= 15 is 0 Å². The zero-order valence-corrected chi connectivity index (χ0v) is 7.96. The molecule has 0 saturated carbocycles. The fourth-order valence-electron chi connectivity index (χ4n) is 0.243. The molecule has 0 aromatic rings. The third-order valence-corrected chi connectivity index (χ3v) is 0.818. The summed E-state index contributed by atoms with van der Waals surface area (Å²) >= 11 is 0. The summed E-state index contributed by atoms with van der Waals surface area (Å²) < 4.78 is 0. The fraction of sp³-hybridized carbons (Fsp3) is 0.667. The van der Waals surface area contributed by atoms with E-state index in [2.05, 4.69) is 0 Å². The second-order valence-electron chi connectivity index (χ2n) is 2.06. The molecule has 0 spiro atoms. The zero-order chi connectivity index (χ0) is 13.7. The Morgan fingerprint density at radius 3 is 0.938 bits per heavy atom. The molecule has 0 aromatic carbocycles. The van der Waals surface area contributed by atoms with Crippen molar-refractivity contribution < 1.29 is 50.4 Å². The fourth-order valence-corrected chi connectivity index (χ4v) is 0.243. The molecule has 2 atom stereocenters. The highest BCUT2D eigenvalue weighted by molar-refractivity contribution is 5.53. The number of hydrogen-bond acceptors (Lipinski definition) is 6. The van der Waals surface area contributed by atoms with Crippen LogP contribution in [0.25, 0.3) is 0 Å². The van der Waals surface area contributed by atoms with Crippen LogP contribution in [-0.4, -0.2) is 78.6 Å². The molecule has 0 aliphatic rings. The molecule has 16 heavy (non-hydrogen) atoms. The van der Waals surface area contributed by atoms with E-state index in [9.17, 15) is 0 Å². The van der Waals surface area contributed by atoms with Gasteiger partial charge in [-0.2, -0.15) is 0 Å². The normalized spacial score (nSPS) is 12.0. The molecule has 10 heteroatoms. The number of carboxylic acid groups (broad SMARTS) is 4. The van der Waals surface area contributed by atoms with Gasteiger partial charge in [0.25, 0.3) is 0 Å². The van der Waals surface area contributed by atoms with Crippen molar-refractivity contribution in [1.29, 1.82) is 0 Å². The molecule has 0 heterocycles. The van der Waals surface area contributed by atoms with E-state index in [1.807, 2.05) is 0 Å². The molecule has 98 valence electrons. The van der Waals surface area contributed by atoms with Crippen LogP contribution in [0, 0.1) is 0 Å². The van der Waals surface area contributed by atoms with Crippen molar-refractivity contribution in [3.8, 4) is 0 Å². The summed E-state index contributed by atoms with van der Waals surface area (Å²) in [7, 11) is 0. The lowest BCUT2D eigenvalue weighted by atomic mass is 10.2. The predicted molar refractivity (Wildman–Crippen MR) is 47.5 cm³/mol. The van der Waals surface area contributed by atoms with Crippen molar-refractivity contribution in [2.75, 3.05) is 13.2 Å². The monoisotopic (exact) mass is 246 g/mol. The maximum absolute atomic E-state index is 8.56. The number of aliphatic hydroxyl groups is 4. The van der Waals surface area contributed by atoms with Gasteiger partial charge >= 0.3 is 12.3 Å². The lowest BCUT2D eigenvalue weighted by Gasteiger charge is -2.10. The molecule has 0 amide bonds. The van der Waals surface area contributed by atoms with E-state index in [-0.39, 0.29) is 0 Å².